The van der Waals surface area contributed by atoms with E-state index >= 15 is 0 Å². The number of nitriles is 1. The van der Waals surface area contributed by atoms with Crippen molar-refractivity contribution in [3.05, 3.63) is 63.5 Å². The summed E-state index contributed by atoms with van der Waals surface area (Å²) in [5, 5.41) is 11.7. The lowest BCUT2D eigenvalue weighted by molar-refractivity contribution is 0.0555. The van der Waals surface area contributed by atoms with Crippen LogP contribution in [0.4, 0.5) is 0 Å². The fourth-order valence-electron chi connectivity index (χ4n) is 4.08. The molecule has 4 nitrogen and oxygen atoms in total. The molecule has 3 aromatic rings. The molecule has 30 heavy (non-hydrogen) atoms. The molecule has 2 heterocycles. The zero-order valence-electron chi connectivity index (χ0n) is 17.4. The van der Waals surface area contributed by atoms with Crippen LogP contribution in [0.15, 0.2) is 41.8 Å². The number of rotatable bonds is 3. The molecule has 0 spiro atoms. The Bertz CT molecular complexity index is 1160. The molecule has 0 unspecified atom stereocenters. The Balaban J connectivity index is 1.98. The van der Waals surface area contributed by atoms with Crippen LogP contribution >= 0.6 is 11.3 Å². The molecule has 1 aliphatic rings. The number of hydrogen-bond acceptors (Lipinski definition) is 5. The maximum atomic E-state index is 13.1. The minimum atomic E-state index is -0.448. The van der Waals surface area contributed by atoms with Crippen LogP contribution in [0.1, 0.15) is 53.7 Å². The van der Waals surface area contributed by atoms with Crippen molar-refractivity contribution in [1.82, 2.24) is 4.98 Å². The lowest BCUT2D eigenvalue weighted by atomic mass is 9.69. The Hall–Kier alpha value is -2.97. The summed E-state index contributed by atoms with van der Waals surface area (Å²) in [5.41, 5.74) is 4.37. The number of allylic oxidation sites excluding steroid dienone is 1. The van der Waals surface area contributed by atoms with Gasteiger partial charge in [0.1, 0.15) is 6.07 Å². The zero-order valence-corrected chi connectivity index (χ0v) is 18.3. The van der Waals surface area contributed by atoms with Gasteiger partial charge >= 0.3 is 5.97 Å². The van der Waals surface area contributed by atoms with E-state index in [0.717, 1.165) is 40.6 Å². The van der Waals surface area contributed by atoms with Crippen LogP contribution in [0.25, 0.3) is 22.6 Å². The number of para-hydroxylation sites is 1. The normalized spacial score (nSPS) is 17.5. The van der Waals surface area contributed by atoms with Gasteiger partial charge in [0.2, 0.25) is 0 Å². The highest BCUT2D eigenvalue weighted by Crippen LogP contribution is 2.45. The van der Waals surface area contributed by atoms with Gasteiger partial charge in [0, 0.05) is 10.3 Å². The summed E-state index contributed by atoms with van der Waals surface area (Å²) in [5.74, 6) is -0.0851. The summed E-state index contributed by atoms with van der Waals surface area (Å²) in [6.07, 6.45) is 3.87. The average Bonchev–Trinajstić information content (AvgIpc) is 3.22. The smallest absolute Gasteiger partial charge is 0.340 e. The third-order valence-corrected chi connectivity index (χ3v) is 6.59. The molecular formula is C25H24N2O2S. The van der Waals surface area contributed by atoms with E-state index in [9.17, 15) is 4.79 Å². The number of carbonyl (C=O) groups is 1. The highest BCUT2D eigenvalue weighted by Gasteiger charge is 2.35. The Labute approximate surface area is 180 Å². The molecule has 0 radical (unpaired) electrons. The monoisotopic (exact) mass is 416 g/mol. The van der Waals surface area contributed by atoms with E-state index in [0.29, 0.717) is 11.5 Å². The number of aromatic nitrogens is 1. The molecule has 152 valence electrons. The van der Waals surface area contributed by atoms with Gasteiger partial charge in [0.05, 0.1) is 16.8 Å². The van der Waals surface area contributed by atoms with Crippen molar-refractivity contribution in [2.75, 3.05) is 6.61 Å². The average molecular weight is 417 g/mol. The molecule has 1 aromatic carbocycles. The fraction of sp³-hybridized carbons (Fsp3) is 0.320. The Morgan fingerprint density at radius 2 is 2.07 bits per heavy atom. The van der Waals surface area contributed by atoms with Gasteiger partial charge in [0.15, 0.2) is 6.61 Å². The standard InChI is InChI=1S/C25H24N2O2S/c1-25(2,3)17-13-16(14-18-7-6-12-30-18)23-20(15-17)22(24(28)29-11-10-26)19-8-4-5-9-21(19)27-23/h4-9,12,14,17H,11,13,15H2,1-3H3/b16-14-/t17-/m0/s1. The van der Waals surface area contributed by atoms with E-state index in [1.165, 1.54) is 4.88 Å². The van der Waals surface area contributed by atoms with Gasteiger partial charge in [-0.05, 0) is 58.9 Å². The summed E-state index contributed by atoms with van der Waals surface area (Å²) >= 11 is 1.69. The molecule has 0 amide bonds. The number of ether oxygens (including phenoxy) is 1. The number of benzene rings is 1. The highest BCUT2D eigenvalue weighted by atomic mass is 32.1. The lowest BCUT2D eigenvalue weighted by Crippen LogP contribution is -2.28. The van der Waals surface area contributed by atoms with Crippen LogP contribution in [-0.2, 0) is 11.2 Å². The Kier molecular flexibility index (Phi) is 5.44. The number of carbonyl (C=O) groups excluding carboxylic acids is 1. The number of pyridine rings is 1. The number of nitrogens with zero attached hydrogens (tertiary/aromatic N) is 2. The second kappa shape index (κ2) is 8.04. The molecule has 1 aliphatic carbocycles. The molecule has 0 fully saturated rings. The summed E-state index contributed by atoms with van der Waals surface area (Å²) in [4.78, 5) is 19.2. The van der Waals surface area contributed by atoms with E-state index < -0.39 is 5.97 Å². The number of thiophene rings is 1. The highest BCUT2D eigenvalue weighted by molar-refractivity contribution is 7.10. The first kappa shape index (κ1) is 20.3. The maximum Gasteiger partial charge on any atom is 0.340 e. The van der Waals surface area contributed by atoms with Crippen molar-refractivity contribution in [3.63, 3.8) is 0 Å². The van der Waals surface area contributed by atoms with E-state index in [4.69, 9.17) is 15.0 Å². The molecule has 0 saturated carbocycles. The van der Waals surface area contributed by atoms with Crippen molar-refractivity contribution < 1.29 is 9.53 Å². The first-order valence-corrected chi connectivity index (χ1v) is 11.0. The van der Waals surface area contributed by atoms with Crippen molar-refractivity contribution in [2.24, 2.45) is 11.3 Å². The van der Waals surface area contributed by atoms with Gasteiger partial charge < -0.3 is 4.74 Å². The molecule has 2 aromatic heterocycles. The number of esters is 1. The number of fused-ring (bicyclic) bond motifs is 2. The van der Waals surface area contributed by atoms with Crippen LogP contribution in [0, 0.1) is 22.7 Å². The predicted octanol–water partition coefficient (Wildman–Crippen LogP) is 6.13. The molecule has 4 rings (SSSR count). The van der Waals surface area contributed by atoms with E-state index in [1.807, 2.05) is 36.4 Å². The van der Waals surface area contributed by atoms with E-state index in [1.54, 1.807) is 11.3 Å². The van der Waals surface area contributed by atoms with E-state index in [-0.39, 0.29) is 12.0 Å². The van der Waals surface area contributed by atoms with Crippen LogP contribution in [0.2, 0.25) is 0 Å². The predicted molar refractivity (Wildman–Crippen MR) is 121 cm³/mol. The topological polar surface area (TPSA) is 63.0 Å². The van der Waals surface area contributed by atoms with Gasteiger partial charge in [-0.3, -0.25) is 0 Å². The van der Waals surface area contributed by atoms with Gasteiger partial charge in [-0.1, -0.05) is 45.0 Å². The molecule has 0 bridgehead atoms. The maximum absolute atomic E-state index is 13.1. The minimum Gasteiger partial charge on any atom is -0.447 e. The van der Waals surface area contributed by atoms with Crippen molar-refractivity contribution in [1.29, 1.82) is 5.26 Å². The molecular weight excluding hydrogens is 392 g/mol. The molecule has 5 heteroatoms. The molecule has 0 saturated heterocycles. The van der Waals surface area contributed by atoms with Gasteiger partial charge in [-0.25, -0.2) is 9.78 Å². The van der Waals surface area contributed by atoms with Gasteiger partial charge in [-0.15, -0.1) is 11.3 Å². The zero-order chi connectivity index (χ0) is 21.3. The lowest BCUT2D eigenvalue weighted by Gasteiger charge is -2.36. The van der Waals surface area contributed by atoms with Crippen molar-refractivity contribution >= 4 is 39.9 Å². The quantitative estimate of drug-likeness (QED) is 0.482. The van der Waals surface area contributed by atoms with E-state index in [2.05, 4.69) is 38.3 Å². The van der Waals surface area contributed by atoms with Gasteiger partial charge in [-0.2, -0.15) is 5.26 Å². The first-order chi connectivity index (χ1) is 14.4. The van der Waals surface area contributed by atoms with Crippen LogP contribution in [0.5, 0.6) is 0 Å². The molecule has 0 N–H and O–H groups in total. The minimum absolute atomic E-state index is 0.0751. The summed E-state index contributed by atoms with van der Waals surface area (Å²) in [7, 11) is 0. The molecule has 0 aliphatic heterocycles. The summed E-state index contributed by atoms with van der Waals surface area (Å²) in [6, 6.07) is 13.7. The third-order valence-electron chi connectivity index (χ3n) is 5.77. The third kappa shape index (κ3) is 3.88. The number of hydrogen-bond donors (Lipinski definition) is 0. The van der Waals surface area contributed by atoms with Crippen LogP contribution in [0.3, 0.4) is 0 Å². The van der Waals surface area contributed by atoms with Gasteiger partial charge in [0.25, 0.3) is 0 Å². The first-order valence-electron chi connectivity index (χ1n) is 10.1. The van der Waals surface area contributed by atoms with Crippen molar-refractivity contribution in [2.45, 2.75) is 33.6 Å². The van der Waals surface area contributed by atoms with Crippen LogP contribution in [-0.4, -0.2) is 17.6 Å². The van der Waals surface area contributed by atoms with Crippen molar-refractivity contribution in [3.8, 4) is 6.07 Å². The van der Waals surface area contributed by atoms with Crippen LogP contribution < -0.4 is 0 Å². The molecule has 1 atom stereocenters. The Morgan fingerprint density at radius 1 is 1.27 bits per heavy atom. The fourth-order valence-corrected chi connectivity index (χ4v) is 4.77. The SMILES string of the molecule is CC(C)(C)[C@H]1C/C(=C/c2cccs2)c2nc3ccccc3c(C(=O)OCC#N)c2C1. The summed E-state index contributed by atoms with van der Waals surface area (Å²) < 4.78 is 5.27. The second-order valence-electron chi connectivity index (χ2n) is 8.72. The largest absolute Gasteiger partial charge is 0.447 e. The Morgan fingerprint density at radius 3 is 2.77 bits per heavy atom. The summed E-state index contributed by atoms with van der Waals surface area (Å²) in [6.45, 7) is 6.47. The second-order valence-corrected chi connectivity index (χ2v) is 9.70.